The van der Waals surface area contributed by atoms with Crippen LogP contribution in [0.2, 0.25) is 0 Å². The van der Waals surface area contributed by atoms with Crippen molar-refractivity contribution in [3.63, 3.8) is 0 Å². The van der Waals surface area contributed by atoms with Gasteiger partial charge >= 0.3 is 0 Å². The lowest BCUT2D eigenvalue weighted by atomic mass is 9.98. The standard InChI is InChI=1S/C51H32N2O2/c1-2-11-33(12-3-1)35-23-26-39(27-24-35)53(45-19-9-8-16-41(45)38-22-21-34-13-4-5-15-37(34)31-38)40-28-29-43-48(32-40)54-46-20-10-18-44(49(43)46)51-52-50-42-17-7-6-14-36(42)25-30-47(50)55-51/h1-32H. The minimum atomic E-state index is 0.577. The second kappa shape index (κ2) is 12.6. The Morgan fingerprint density at radius 1 is 0.382 bits per heavy atom. The highest BCUT2D eigenvalue weighted by molar-refractivity contribution is 6.13. The highest BCUT2D eigenvalue weighted by Gasteiger charge is 2.22. The van der Waals surface area contributed by atoms with Gasteiger partial charge in [0.05, 0.1) is 5.69 Å². The minimum Gasteiger partial charge on any atom is -0.456 e. The lowest BCUT2D eigenvalue weighted by Crippen LogP contribution is -2.11. The van der Waals surface area contributed by atoms with Crippen molar-refractivity contribution in [3.8, 4) is 33.7 Å². The Morgan fingerprint density at radius 2 is 1.07 bits per heavy atom. The lowest BCUT2D eigenvalue weighted by Gasteiger charge is -2.28. The number of hydrogen-bond donors (Lipinski definition) is 0. The second-order valence-electron chi connectivity index (χ2n) is 13.9. The summed E-state index contributed by atoms with van der Waals surface area (Å²) < 4.78 is 13.1. The second-order valence-corrected chi connectivity index (χ2v) is 13.9. The zero-order chi connectivity index (χ0) is 36.3. The van der Waals surface area contributed by atoms with Crippen molar-refractivity contribution in [1.82, 2.24) is 4.98 Å². The number of furan rings is 1. The predicted octanol–water partition coefficient (Wildman–Crippen LogP) is 14.5. The van der Waals surface area contributed by atoms with Crippen molar-refractivity contribution in [2.24, 2.45) is 0 Å². The number of rotatable bonds is 6. The van der Waals surface area contributed by atoms with Crippen LogP contribution in [0.4, 0.5) is 17.1 Å². The Kier molecular flexibility index (Phi) is 7.14. The van der Waals surface area contributed by atoms with E-state index in [4.69, 9.17) is 13.8 Å². The summed E-state index contributed by atoms with van der Waals surface area (Å²) in [6, 6.07) is 68.2. The largest absolute Gasteiger partial charge is 0.456 e. The van der Waals surface area contributed by atoms with Gasteiger partial charge in [0.25, 0.3) is 0 Å². The Hall–Kier alpha value is -7.43. The summed E-state index contributed by atoms with van der Waals surface area (Å²) in [6.45, 7) is 0. The molecule has 11 aromatic rings. The molecule has 2 aromatic heterocycles. The molecule has 258 valence electrons. The van der Waals surface area contributed by atoms with E-state index < -0.39 is 0 Å². The third-order valence-corrected chi connectivity index (χ3v) is 10.7. The number of hydrogen-bond acceptors (Lipinski definition) is 4. The Morgan fingerprint density at radius 3 is 1.96 bits per heavy atom. The van der Waals surface area contributed by atoms with Crippen molar-refractivity contribution >= 4 is 71.6 Å². The Labute approximate surface area is 317 Å². The van der Waals surface area contributed by atoms with Crippen LogP contribution in [0.1, 0.15) is 0 Å². The van der Waals surface area contributed by atoms with Crippen LogP contribution < -0.4 is 4.90 Å². The van der Waals surface area contributed by atoms with E-state index in [1.165, 1.54) is 21.9 Å². The van der Waals surface area contributed by atoms with E-state index >= 15 is 0 Å². The van der Waals surface area contributed by atoms with Gasteiger partial charge in [-0.25, -0.2) is 4.98 Å². The van der Waals surface area contributed by atoms with E-state index in [1.807, 2.05) is 30.3 Å². The summed E-state index contributed by atoms with van der Waals surface area (Å²) in [7, 11) is 0. The summed E-state index contributed by atoms with van der Waals surface area (Å²) in [5.74, 6) is 0.577. The lowest BCUT2D eigenvalue weighted by molar-refractivity contribution is 0.620. The van der Waals surface area contributed by atoms with Gasteiger partial charge in [0.15, 0.2) is 5.58 Å². The fraction of sp³-hybridized carbons (Fsp3) is 0. The van der Waals surface area contributed by atoms with Crippen LogP contribution in [-0.4, -0.2) is 4.98 Å². The van der Waals surface area contributed by atoms with Crippen LogP contribution in [0.15, 0.2) is 203 Å². The molecule has 0 spiro atoms. The first-order valence-corrected chi connectivity index (χ1v) is 18.5. The molecule has 0 amide bonds. The third kappa shape index (κ3) is 5.26. The van der Waals surface area contributed by atoms with Gasteiger partial charge in [-0.1, -0.05) is 133 Å². The Balaban J connectivity index is 1.08. The normalized spacial score (nSPS) is 11.6. The van der Waals surface area contributed by atoms with Gasteiger partial charge in [-0.15, -0.1) is 0 Å². The number of oxazole rings is 1. The number of para-hydroxylation sites is 1. The molecule has 4 nitrogen and oxygen atoms in total. The molecule has 0 saturated heterocycles. The number of fused-ring (bicyclic) bond motifs is 7. The van der Waals surface area contributed by atoms with E-state index in [0.717, 1.165) is 77.6 Å². The molecular weight excluding hydrogens is 673 g/mol. The first-order valence-electron chi connectivity index (χ1n) is 18.5. The smallest absolute Gasteiger partial charge is 0.228 e. The number of aromatic nitrogens is 1. The molecule has 0 bridgehead atoms. The van der Waals surface area contributed by atoms with Gasteiger partial charge in [-0.3, -0.25) is 0 Å². The molecule has 0 aliphatic rings. The maximum Gasteiger partial charge on any atom is 0.228 e. The molecule has 0 radical (unpaired) electrons. The topological polar surface area (TPSA) is 42.4 Å². The summed E-state index contributed by atoms with van der Waals surface area (Å²) in [5.41, 5.74) is 11.8. The molecule has 0 unspecified atom stereocenters. The average molecular weight is 705 g/mol. The molecule has 4 heteroatoms. The van der Waals surface area contributed by atoms with Crippen LogP contribution in [0.25, 0.3) is 88.3 Å². The summed E-state index contributed by atoms with van der Waals surface area (Å²) in [6.07, 6.45) is 0. The number of benzene rings is 9. The quantitative estimate of drug-likeness (QED) is 0.173. The summed E-state index contributed by atoms with van der Waals surface area (Å²) >= 11 is 0. The first kappa shape index (κ1) is 31.1. The highest BCUT2D eigenvalue weighted by atomic mass is 16.3. The van der Waals surface area contributed by atoms with E-state index in [2.05, 4.69) is 169 Å². The van der Waals surface area contributed by atoms with Crippen LogP contribution in [0.3, 0.4) is 0 Å². The highest BCUT2D eigenvalue weighted by Crippen LogP contribution is 2.45. The molecule has 55 heavy (non-hydrogen) atoms. The number of nitrogens with zero attached hydrogens (tertiary/aromatic N) is 2. The summed E-state index contributed by atoms with van der Waals surface area (Å²) in [4.78, 5) is 7.37. The molecule has 2 heterocycles. The molecule has 0 saturated carbocycles. The summed E-state index contributed by atoms with van der Waals surface area (Å²) in [5, 5.41) is 6.62. The zero-order valence-electron chi connectivity index (χ0n) is 29.7. The van der Waals surface area contributed by atoms with Crippen molar-refractivity contribution < 1.29 is 8.83 Å². The number of anilines is 3. The van der Waals surface area contributed by atoms with E-state index in [9.17, 15) is 0 Å². The molecule has 0 N–H and O–H groups in total. The van der Waals surface area contributed by atoms with Gasteiger partial charge in [0, 0.05) is 44.7 Å². The van der Waals surface area contributed by atoms with Crippen LogP contribution >= 0.6 is 0 Å². The SMILES string of the molecule is c1ccc(-c2ccc(N(c3ccc4c(c3)oc3cccc(-c5nc6c(ccc7ccccc76)o5)c34)c3ccccc3-c3ccc4ccccc4c3)cc2)cc1. The van der Waals surface area contributed by atoms with E-state index in [0.29, 0.717) is 5.89 Å². The van der Waals surface area contributed by atoms with Gasteiger partial charge < -0.3 is 13.7 Å². The van der Waals surface area contributed by atoms with Gasteiger partial charge in [-0.2, -0.15) is 0 Å². The molecule has 0 atom stereocenters. The zero-order valence-corrected chi connectivity index (χ0v) is 29.7. The molecule has 0 aliphatic carbocycles. The van der Waals surface area contributed by atoms with Crippen LogP contribution in [-0.2, 0) is 0 Å². The van der Waals surface area contributed by atoms with Crippen LogP contribution in [0, 0.1) is 0 Å². The van der Waals surface area contributed by atoms with Crippen molar-refractivity contribution in [1.29, 1.82) is 0 Å². The van der Waals surface area contributed by atoms with E-state index in [1.54, 1.807) is 0 Å². The maximum atomic E-state index is 6.67. The Bertz CT molecular complexity index is 3210. The molecule has 9 aromatic carbocycles. The monoisotopic (exact) mass is 704 g/mol. The van der Waals surface area contributed by atoms with Crippen molar-refractivity contribution in [2.75, 3.05) is 4.90 Å². The van der Waals surface area contributed by atoms with Crippen molar-refractivity contribution in [2.45, 2.75) is 0 Å². The van der Waals surface area contributed by atoms with Gasteiger partial charge in [-0.05, 0) is 87.4 Å². The van der Waals surface area contributed by atoms with Crippen LogP contribution in [0.5, 0.6) is 0 Å². The van der Waals surface area contributed by atoms with Gasteiger partial charge in [0.2, 0.25) is 5.89 Å². The van der Waals surface area contributed by atoms with Gasteiger partial charge in [0.1, 0.15) is 16.7 Å². The molecular formula is C51H32N2O2. The van der Waals surface area contributed by atoms with Crippen molar-refractivity contribution in [3.05, 3.63) is 194 Å². The predicted molar refractivity (Wildman–Crippen MR) is 227 cm³/mol. The van der Waals surface area contributed by atoms with E-state index in [-0.39, 0.29) is 0 Å². The molecule has 0 aliphatic heterocycles. The molecule has 11 rings (SSSR count). The maximum absolute atomic E-state index is 6.67. The fourth-order valence-electron chi connectivity index (χ4n) is 8.04. The third-order valence-electron chi connectivity index (χ3n) is 10.7. The first-order chi connectivity index (χ1) is 27.2. The average Bonchev–Trinajstić information content (AvgIpc) is 3.87. The minimum absolute atomic E-state index is 0.577. The molecule has 0 fully saturated rings. The fourth-order valence-corrected chi connectivity index (χ4v) is 8.04.